The summed E-state index contributed by atoms with van der Waals surface area (Å²) >= 11 is 6.97. The Kier molecular flexibility index (Phi) is 5.69. The summed E-state index contributed by atoms with van der Waals surface area (Å²) in [6, 6.07) is 25.7. The van der Waals surface area contributed by atoms with Gasteiger partial charge in [-0.3, -0.25) is 0 Å². The van der Waals surface area contributed by atoms with E-state index in [0.29, 0.717) is 5.75 Å². The molecule has 0 radical (unpaired) electrons. The third-order valence-electron chi connectivity index (χ3n) is 4.62. The van der Waals surface area contributed by atoms with Crippen molar-refractivity contribution in [1.29, 1.82) is 0 Å². The molecule has 0 bridgehead atoms. The van der Waals surface area contributed by atoms with Gasteiger partial charge in [-0.05, 0) is 59.7 Å². The lowest BCUT2D eigenvalue weighted by Gasteiger charge is -2.12. The van der Waals surface area contributed by atoms with Crippen LogP contribution in [0.25, 0.3) is 33.6 Å². The zero-order valence-electron chi connectivity index (χ0n) is 15.6. The van der Waals surface area contributed by atoms with Crippen molar-refractivity contribution < 1.29 is 9.84 Å². The zero-order valence-corrected chi connectivity index (χ0v) is 18.7. The normalized spacial score (nSPS) is 10.7. The molecule has 0 saturated carbocycles. The fourth-order valence-corrected chi connectivity index (χ4v) is 3.62. The van der Waals surface area contributed by atoms with E-state index in [0.717, 1.165) is 42.6 Å². The molecule has 1 aromatic heterocycles. The number of hydrogen-bond donors (Lipinski definition) is 1. The quantitative estimate of drug-likeness (QED) is 0.312. The molecule has 0 aliphatic carbocycles. The van der Waals surface area contributed by atoms with Gasteiger partial charge in [0.2, 0.25) is 0 Å². The molecule has 1 heterocycles. The lowest BCUT2D eigenvalue weighted by Crippen LogP contribution is -1.92. The molecule has 144 valence electrons. The molecule has 0 atom stereocenters. The number of rotatable bonds is 4. The van der Waals surface area contributed by atoms with Crippen LogP contribution in [0.5, 0.6) is 11.5 Å². The number of ether oxygens (including phenoxy) is 1. The molecule has 0 saturated heterocycles. The van der Waals surface area contributed by atoms with Crippen molar-refractivity contribution in [3.05, 3.63) is 87.8 Å². The molecule has 0 aliphatic heterocycles. The topological polar surface area (TPSA) is 42.4 Å². The van der Waals surface area contributed by atoms with Crippen molar-refractivity contribution in [1.82, 2.24) is 4.98 Å². The highest BCUT2D eigenvalue weighted by atomic mass is 79.9. The van der Waals surface area contributed by atoms with Gasteiger partial charge in [-0.15, -0.1) is 0 Å². The van der Waals surface area contributed by atoms with E-state index in [-0.39, 0.29) is 5.75 Å². The highest BCUT2D eigenvalue weighted by molar-refractivity contribution is 9.10. The molecular formula is C24H17Br2NO2. The first kappa shape index (κ1) is 19.7. The van der Waals surface area contributed by atoms with Gasteiger partial charge in [-0.25, -0.2) is 4.98 Å². The number of aromatic hydroxyl groups is 1. The van der Waals surface area contributed by atoms with E-state index in [1.54, 1.807) is 13.2 Å². The summed E-state index contributed by atoms with van der Waals surface area (Å²) in [4.78, 5) is 4.91. The van der Waals surface area contributed by atoms with Gasteiger partial charge in [0.25, 0.3) is 0 Å². The van der Waals surface area contributed by atoms with Crippen molar-refractivity contribution in [2.45, 2.75) is 0 Å². The van der Waals surface area contributed by atoms with Crippen LogP contribution in [0.1, 0.15) is 0 Å². The number of pyridine rings is 1. The van der Waals surface area contributed by atoms with Crippen LogP contribution in [0.2, 0.25) is 0 Å². The first-order valence-electron chi connectivity index (χ1n) is 8.95. The first-order chi connectivity index (χ1) is 14.0. The number of aromatic nitrogens is 1. The first-order valence-corrected chi connectivity index (χ1v) is 10.5. The standard InChI is InChI=1S/C24H17Br2NO2/c1-29-24-14-17(6-11-23(24)28)18-12-21(15-2-7-19(25)8-3-15)27-22(13-18)16-4-9-20(26)10-5-16/h2-14,28H,1H3. The van der Waals surface area contributed by atoms with Crippen LogP contribution >= 0.6 is 31.9 Å². The van der Waals surface area contributed by atoms with Crippen molar-refractivity contribution in [2.75, 3.05) is 7.11 Å². The van der Waals surface area contributed by atoms with Crippen LogP contribution in [0.3, 0.4) is 0 Å². The number of benzene rings is 3. The number of phenolic OH excluding ortho intramolecular Hbond substituents is 1. The fraction of sp³-hybridized carbons (Fsp3) is 0.0417. The Morgan fingerprint density at radius 2 is 1.14 bits per heavy atom. The molecule has 29 heavy (non-hydrogen) atoms. The molecule has 5 heteroatoms. The fourth-order valence-electron chi connectivity index (χ4n) is 3.09. The molecule has 0 unspecified atom stereocenters. The lowest BCUT2D eigenvalue weighted by molar-refractivity contribution is 0.373. The number of methoxy groups -OCH3 is 1. The van der Waals surface area contributed by atoms with Gasteiger partial charge >= 0.3 is 0 Å². The summed E-state index contributed by atoms with van der Waals surface area (Å²) in [7, 11) is 1.55. The van der Waals surface area contributed by atoms with Gasteiger partial charge in [0.05, 0.1) is 18.5 Å². The summed E-state index contributed by atoms with van der Waals surface area (Å²) in [5, 5.41) is 9.95. The van der Waals surface area contributed by atoms with Gasteiger partial charge in [-0.2, -0.15) is 0 Å². The van der Waals surface area contributed by atoms with Crippen LogP contribution in [-0.2, 0) is 0 Å². The smallest absolute Gasteiger partial charge is 0.161 e. The maximum absolute atomic E-state index is 9.95. The summed E-state index contributed by atoms with van der Waals surface area (Å²) in [6.07, 6.45) is 0. The average molecular weight is 511 g/mol. The van der Waals surface area contributed by atoms with E-state index in [4.69, 9.17) is 9.72 Å². The maximum Gasteiger partial charge on any atom is 0.161 e. The van der Waals surface area contributed by atoms with Crippen LogP contribution in [0.15, 0.2) is 87.8 Å². The lowest BCUT2D eigenvalue weighted by atomic mass is 9.99. The van der Waals surface area contributed by atoms with E-state index in [1.165, 1.54) is 0 Å². The number of phenols is 1. The predicted molar refractivity (Wildman–Crippen MR) is 124 cm³/mol. The minimum Gasteiger partial charge on any atom is -0.504 e. The molecule has 0 aliphatic rings. The predicted octanol–water partition coefficient (Wildman–Crippen LogP) is 7.32. The van der Waals surface area contributed by atoms with E-state index in [2.05, 4.69) is 44.0 Å². The largest absolute Gasteiger partial charge is 0.504 e. The molecule has 4 aromatic rings. The van der Waals surface area contributed by atoms with Crippen molar-refractivity contribution in [3.63, 3.8) is 0 Å². The summed E-state index contributed by atoms with van der Waals surface area (Å²) < 4.78 is 7.33. The Labute approximate surface area is 186 Å². The third kappa shape index (κ3) is 4.36. The molecule has 0 fully saturated rings. The highest BCUT2D eigenvalue weighted by Crippen LogP contribution is 2.35. The monoisotopic (exact) mass is 509 g/mol. The van der Waals surface area contributed by atoms with E-state index in [9.17, 15) is 5.11 Å². The minimum absolute atomic E-state index is 0.117. The molecule has 4 rings (SSSR count). The minimum atomic E-state index is 0.117. The van der Waals surface area contributed by atoms with Crippen LogP contribution in [0, 0.1) is 0 Å². The second-order valence-electron chi connectivity index (χ2n) is 6.53. The molecule has 1 N–H and O–H groups in total. The maximum atomic E-state index is 9.95. The van der Waals surface area contributed by atoms with Gasteiger partial charge < -0.3 is 9.84 Å². The Bertz CT molecular complexity index is 1090. The van der Waals surface area contributed by atoms with Crippen molar-refractivity contribution in [2.24, 2.45) is 0 Å². The van der Waals surface area contributed by atoms with Gasteiger partial charge in [0, 0.05) is 20.1 Å². The van der Waals surface area contributed by atoms with Gasteiger partial charge in [0.15, 0.2) is 11.5 Å². The second kappa shape index (κ2) is 8.39. The summed E-state index contributed by atoms with van der Waals surface area (Å²) in [5.41, 5.74) is 5.74. The van der Waals surface area contributed by atoms with Crippen LogP contribution in [-0.4, -0.2) is 17.2 Å². The molecule has 0 spiro atoms. The molecule has 0 amide bonds. The van der Waals surface area contributed by atoms with E-state index >= 15 is 0 Å². The summed E-state index contributed by atoms with van der Waals surface area (Å²) in [6.45, 7) is 0. The second-order valence-corrected chi connectivity index (χ2v) is 8.36. The molecule has 3 aromatic carbocycles. The SMILES string of the molecule is COc1cc(-c2cc(-c3ccc(Br)cc3)nc(-c3ccc(Br)cc3)c2)ccc1O. The van der Waals surface area contributed by atoms with Crippen LogP contribution < -0.4 is 4.74 Å². The average Bonchev–Trinajstić information content (AvgIpc) is 2.75. The Morgan fingerprint density at radius 3 is 1.62 bits per heavy atom. The summed E-state index contributed by atoms with van der Waals surface area (Å²) in [5.74, 6) is 0.557. The Hall–Kier alpha value is -2.63. The highest BCUT2D eigenvalue weighted by Gasteiger charge is 2.11. The zero-order chi connectivity index (χ0) is 20.4. The molecule has 3 nitrogen and oxygen atoms in total. The van der Waals surface area contributed by atoms with Crippen molar-refractivity contribution in [3.8, 4) is 45.1 Å². The van der Waals surface area contributed by atoms with E-state index < -0.39 is 0 Å². The van der Waals surface area contributed by atoms with Crippen molar-refractivity contribution >= 4 is 31.9 Å². The number of halogens is 2. The Balaban J connectivity index is 1.90. The van der Waals surface area contributed by atoms with Gasteiger partial charge in [0.1, 0.15) is 0 Å². The Morgan fingerprint density at radius 1 is 0.655 bits per heavy atom. The van der Waals surface area contributed by atoms with Crippen LogP contribution in [0.4, 0.5) is 0 Å². The van der Waals surface area contributed by atoms with E-state index in [1.807, 2.05) is 60.7 Å². The molecular weight excluding hydrogens is 494 g/mol. The number of nitrogens with zero attached hydrogens (tertiary/aromatic N) is 1. The number of hydrogen-bond acceptors (Lipinski definition) is 3. The van der Waals surface area contributed by atoms with Gasteiger partial charge in [-0.1, -0.05) is 62.2 Å². The third-order valence-corrected chi connectivity index (χ3v) is 5.68.